The van der Waals surface area contributed by atoms with E-state index >= 15 is 0 Å². The summed E-state index contributed by atoms with van der Waals surface area (Å²) < 4.78 is 0. The van der Waals surface area contributed by atoms with Crippen LogP contribution in [0.3, 0.4) is 0 Å². The van der Waals surface area contributed by atoms with E-state index < -0.39 is 0 Å². The molecule has 2 rings (SSSR count). The zero-order chi connectivity index (χ0) is 13.7. The first-order valence-corrected chi connectivity index (χ1v) is 7.85. The van der Waals surface area contributed by atoms with Crippen molar-refractivity contribution in [2.45, 2.75) is 52.5 Å². The van der Waals surface area contributed by atoms with E-state index in [0.717, 1.165) is 24.3 Å². The molecule has 1 unspecified atom stereocenters. The van der Waals surface area contributed by atoms with Gasteiger partial charge in [0.2, 0.25) is 0 Å². The van der Waals surface area contributed by atoms with Gasteiger partial charge in [-0.2, -0.15) is 0 Å². The Kier molecular flexibility index (Phi) is 5.38. The van der Waals surface area contributed by atoms with Gasteiger partial charge in [-0.05, 0) is 61.6 Å². The molecule has 1 heterocycles. The Hall–Kier alpha value is -0.890. The summed E-state index contributed by atoms with van der Waals surface area (Å²) in [6.07, 6.45) is 9.39. The summed E-state index contributed by atoms with van der Waals surface area (Å²) in [5, 5.41) is 3.67. The molecule has 0 saturated heterocycles. The first-order chi connectivity index (χ1) is 9.22. The van der Waals surface area contributed by atoms with Crippen LogP contribution in [0.1, 0.15) is 58.1 Å². The van der Waals surface area contributed by atoms with Crippen LogP contribution in [0.25, 0.3) is 0 Å². The van der Waals surface area contributed by atoms with Gasteiger partial charge < -0.3 is 5.32 Å². The number of hydrogen-bond acceptors (Lipinski definition) is 2. The lowest BCUT2D eigenvalue weighted by atomic mass is 9.73. The van der Waals surface area contributed by atoms with Crippen molar-refractivity contribution in [3.63, 3.8) is 0 Å². The Morgan fingerprint density at radius 3 is 2.42 bits per heavy atom. The number of nitrogens with one attached hydrogen (secondary N) is 1. The minimum absolute atomic E-state index is 0.492. The third kappa shape index (κ3) is 3.79. The van der Waals surface area contributed by atoms with Gasteiger partial charge in [0, 0.05) is 18.4 Å². The number of aromatic nitrogens is 1. The van der Waals surface area contributed by atoms with Crippen LogP contribution >= 0.6 is 0 Å². The van der Waals surface area contributed by atoms with E-state index in [2.05, 4.69) is 43.2 Å². The minimum atomic E-state index is 0.492. The van der Waals surface area contributed by atoms with Crippen LogP contribution in [0.15, 0.2) is 24.5 Å². The van der Waals surface area contributed by atoms with E-state index in [1.807, 2.05) is 12.4 Å². The van der Waals surface area contributed by atoms with Crippen molar-refractivity contribution in [2.75, 3.05) is 6.54 Å². The van der Waals surface area contributed by atoms with E-state index in [1.165, 1.54) is 31.2 Å². The largest absolute Gasteiger partial charge is 0.310 e. The van der Waals surface area contributed by atoms with Gasteiger partial charge in [0.05, 0.1) is 0 Å². The van der Waals surface area contributed by atoms with Crippen molar-refractivity contribution in [3.8, 4) is 0 Å². The molecule has 0 aromatic carbocycles. The highest BCUT2D eigenvalue weighted by molar-refractivity contribution is 5.15. The van der Waals surface area contributed by atoms with E-state index in [9.17, 15) is 0 Å². The molecule has 1 aliphatic carbocycles. The van der Waals surface area contributed by atoms with Gasteiger partial charge in [-0.3, -0.25) is 4.98 Å². The Morgan fingerprint density at radius 2 is 1.89 bits per heavy atom. The first kappa shape index (κ1) is 14.5. The molecule has 0 amide bonds. The Labute approximate surface area is 118 Å². The molecule has 106 valence electrons. The Bertz CT molecular complexity index is 353. The standard InChI is InChI=1S/C17H28N2/c1-4-19-17(16-6-5-11-18-12-16)15-9-7-14(8-10-15)13(2)3/h5-6,11-15,17,19H,4,7-10H2,1-3H3. The summed E-state index contributed by atoms with van der Waals surface area (Å²) >= 11 is 0. The van der Waals surface area contributed by atoms with Crippen LogP contribution in [-0.2, 0) is 0 Å². The number of pyridine rings is 1. The first-order valence-electron chi connectivity index (χ1n) is 7.85. The van der Waals surface area contributed by atoms with Crippen molar-refractivity contribution in [2.24, 2.45) is 17.8 Å². The minimum Gasteiger partial charge on any atom is -0.310 e. The monoisotopic (exact) mass is 260 g/mol. The van der Waals surface area contributed by atoms with Gasteiger partial charge >= 0.3 is 0 Å². The SMILES string of the molecule is CCNC(c1cccnc1)C1CCC(C(C)C)CC1. The number of hydrogen-bond donors (Lipinski definition) is 1. The lowest BCUT2D eigenvalue weighted by Gasteiger charge is -2.36. The molecule has 2 heteroatoms. The van der Waals surface area contributed by atoms with Crippen LogP contribution < -0.4 is 5.32 Å². The predicted molar refractivity (Wildman–Crippen MR) is 80.9 cm³/mol. The maximum Gasteiger partial charge on any atom is 0.0363 e. The second-order valence-corrected chi connectivity index (χ2v) is 6.24. The normalized spacial score (nSPS) is 25.5. The molecule has 1 aromatic heterocycles. The molecule has 1 aromatic rings. The van der Waals surface area contributed by atoms with Crippen molar-refractivity contribution < 1.29 is 0 Å². The fourth-order valence-electron chi connectivity index (χ4n) is 3.48. The van der Waals surface area contributed by atoms with Crippen LogP contribution in [0.5, 0.6) is 0 Å². The van der Waals surface area contributed by atoms with Gasteiger partial charge in [0.1, 0.15) is 0 Å². The summed E-state index contributed by atoms with van der Waals surface area (Å²) in [5.74, 6) is 2.56. The average molecular weight is 260 g/mol. The van der Waals surface area contributed by atoms with E-state index in [1.54, 1.807) is 0 Å². The molecule has 0 radical (unpaired) electrons. The third-order valence-corrected chi connectivity index (χ3v) is 4.70. The lowest BCUT2D eigenvalue weighted by molar-refractivity contribution is 0.190. The van der Waals surface area contributed by atoms with Crippen LogP contribution in [0, 0.1) is 17.8 Å². The zero-order valence-electron chi connectivity index (χ0n) is 12.6. The second-order valence-electron chi connectivity index (χ2n) is 6.24. The van der Waals surface area contributed by atoms with Crippen molar-refractivity contribution >= 4 is 0 Å². The molecule has 1 aliphatic rings. The molecule has 1 saturated carbocycles. The summed E-state index contributed by atoms with van der Waals surface area (Å²) in [7, 11) is 0. The second kappa shape index (κ2) is 7.04. The predicted octanol–water partition coefficient (Wildman–Crippen LogP) is 4.19. The Balaban J connectivity index is 2.01. The topological polar surface area (TPSA) is 24.9 Å². The van der Waals surface area contributed by atoms with Gasteiger partial charge in [0.25, 0.3) is 0 Å². The fourth-order valence-corrected chi connectivity index (χ4v) is 3.48. The summed E-state index contributed by atoms with van der Waals surface area (Å²) in [6.45, 7) is 7.97. The lowest BCUT2D eigenvalue weighted by Crippen LogP contribution is -2.31. The van der Waals surface area contributed by atoms with E-state index in [-0.39, 0.29) is 0 Å². The van der Waals surface area contributed by atoms with Crippen molar-refractivity contribution in [3.05, 3.63) is 30.1 Å². The summed E-state index contributed by atoms with van der Waals surface area (Å²) in [5.41, 5.74) is 1.36. The zero-order valence-corrected chi connectivity index (χ0v) is 12.6. The molecule has 1 atom stereocenters. The molecule has 0 spiro atoms. The highest BCUT2D eigenvalue weighted by atomic mass is 14.9. The molecule has 0 bridgehead atoms. The molecule has 19 heavy (non-hydrogen) atoms. The van der Waals surface area contributed by atoms with E-state index in [4.69, 9.17) is 0 Å². The smallest absolute Gasteiger partial charge is 0.0363 e. The molecule has 1 fully saturated rings. The maximum atomic E-state index is 4.29. The van der Waals surface area contributed by atoms with Crippen LogP contribution in [0.4, 0.5) is 0 Å². The highest BCUT2D eigenvalue weighted by Crippen LogP contribution is 2.39. The van der Waals surface area contributed by atoms with Gasteiger partial charge in [-0.15, -0.1) is 0 Å². The molecule has 0 aliphatic heterocycles. The molecule has 2 nitrogen and oxygen atoms in total. The average Bonchev–Trinajstić information content (AvgIpc) is 2.46. The summed E-state index contributed by atoms with van der Waals surface area (Å²) in [6, 6.07) is 4.76. The van der Waals surface area contributed by atoms with Gasteiger partial charge in [0.15, 0.2) is 0 Å². The van der Waals surface area contributed by atoms with Gasteiger partial charge in [-0.1, -0.05) is 26.8 Å². The van der Waals surface area contributed by atoms with Crippen LogP contribution in [0.2, 0.25) is 0 Å². The molecular weight excluding hydrogens is 232 g/mol. The molecule has 1 N–H and O–H groups in total. The molecular formula is C17H28N2. The maximum absolute atomic E-state index is 4.29. The fraction of sp³-hybridized carbons (Fsp3) is 0.706. The van der Waals surface area contributed by atoms with Crippen LogP contribution in [-0.4, -0.2) is 11.5 Å². The van der Waals surface area contributed by atoms with E-state index in [0.29, 0.717) is 6.04 Å². The quantitative estimate of drug-likeness (QED) is 0.858. The summed E-state index contributed by atoms with van der Waals surface area (Å²) in [4.78, 5) is 4.29. The van der Waals surface area contributed by atoms with Crippen molar-refractivity contribution in [1.82, 2.24) is 10.3 Å². The third-order valence-electron chi connectivity index (χ3n) is 4.70. The highest BCUT2D eigenvalue weighted by Gasteiger charge is 2.29. The van der Waals surface area contributed by atoms with Crippen molar-refractivity contribution in [1.29, 1.82) is 0 Å². The number of nitrogens with zero attached hydrogens (tertiary/aromatic N) is 1. The Morgan fingerprint density at radius 1 is 1.21 bits per heavy atom. The van der Waals surface area contributed by atoms with Gasteiger partial charge in [-0.25, -0.2) is 0 Å². The number of rotatable bonds is 5.